The number of pyridine rings is 1. The number of rotatable bonds is 4. The lowest BCUT2D eigenvalue weighted by atomic mass is 10.2. The zero-order valence-corrected chi connectivity index (χ0v) is 12.0. The van der Waals surface area contributed by atoms with E-state index in [1.165, 1.54) is 6.20 Å². The molecular formula is C15H18FN5. The van der Waals surface area contributed by atoms with E-state index in [0.717, 1.165) is 43.1 Å². The summed E-state index contributed by atoms with van der Waals surface area (Å²) in [5.41, 5.74) is 1.86. The molecule has 1 atom stereocenters. The Hall–Kier alpha value is -2.08. The van der Waals surface area contributed by atoms with E-state index in [4.69, 9.17) is 0 Å². The summed E-state index contributed by atoms with van der Waals surface area (Å²) in [4.78, 5) is 14.5. The van der Waals surface area contributed by atoms with Gasteiger partial charge in [0.05, 0.1) is 6.20 Å². The second-order valence-electron chi connectivity index (χ2n) is 5.42. The monoisotopic (exact) mass is 287 g/mol. The molecule has 110 valence electrons. The average Bonchev–Trinajstić information content (AvgIpc) is 2.86. The van der Waals surface area contributed by atoms with Crippen molar-refractivity contribution < 1.29 is 4.39 Å². The molecule has 3 heterocycles. The van der Waals surface area contributed by atoms with Gasteiger partial charge in [0.25, 0.3) is 0 Å². The summed E-state index contributed by atoms with van der Waals surface area (Å²) in [6.45, 7) is 4.58. The zero-order valence-electron chi connectivity index (χ0n) is 12.0. The van der Waals surface area contributed by atoms with Gasteiger partial charge in [0, 0.05) is 43.6 Å². The summed E-state index contributed by atoms with van der Waals surface area (Å²) in [6, 6.07) is 3.85. The predicted octanol–water partition coefficient (Wildman–Crippen LogP) is 2.01. The van der Waals surface area contributed by atoms with Gasteiger partial charge in [-0.1, -0.05) is 0 Å². The fraction of sp³-hybridized carbons (Fsp3) is 0.400. The molecule has 0 amide bonds. The van der Waals surface area contributed by atoms with Crippen molar-refractivity contribution in [2.75, 3.05) is 18.4 Å². The molecule has 0 saturated carbocycles. The number of likely N-dealkylation sites (tertiary alicyclic amines) is 1. The molecule has 1 unspecified atom stereocenters. The van der Waals surface area contributed by atoms with Crippen molar-refractivity contribution in [2.45, 2.75) is 25.9 Å². The third-order valence-corrected chi connectivity index (χ3v) is 3.60. The van der Waals surface area contributed by atoms with E-state index in [1.54, 1.807) is 18.6 Å². The molecule has 1 aliphatic rings. The van der Waals surface area contributed by atoms with Crippen molar-refractivity contribution in [1.29, 1.82) is 0 Å². The summed E-state index contributed by atoms with van der Waals surface area (Å²) in [6.07, 6.45) is 5.57. The largest absolute Gasteiger partial charge is 0.366 e. The molecule has 2 aromatic heterocycles. The first-order valence-corrected chi connectivity index (χ1v) is 7.06. The van der Waals surface area contributed by atoms with Gasteiger partial charge in [0.1, 0.15) is 18.0 Å². The smallest absolute Gasteiger partial charge is 0.141 e. The van der Waals surface area contributed by atoms with Crippen LogP contribution in [0.25, 0.3) is 0 Å². The van der Waals surface area contributed by atoms with Gasteiger partial charge in [0.2, 0.25) is 0 Å². The normalized spacial score (nSPS) is 18.9. The van der Waals surface area contributed by atoms with E-state index < -0.39 is 0 Å². The summed E-state index contributed by atoms with van der Waals surface area (Å²) < 4.78 is 13.1. The molecule has 0 bridgehead atoms. The van der Waals surface area contributed by atoms with Crippen LogP contribution in [0.5, 0.6) is 0 Å². The topological polar surface area (TPSA) is 53.9 Å². The molecule has 2 aromatic rings. The van der Waals surface area contributed by atoms with Crippen LogP contribution in [-0.2, 0) is 6.54 Å². The van der Waals surface area contributed by atoms with E-state index >= 15 is 0 Å². The first-order chi connectivity index (χ1) is 10.2. The van der Waals surface area contributed by atoms with Crippen LogP contribution in [0.3, 0.4) is 0 Å². The highest BCUT2D eigenvalue weighted by molar-refractivity contribution is 5.36. The highest BCUT2D eigenvalue weighted by atomic mass is 19.1. The summed E-state index contributed by atoms with van der Waals surface area (Å²) in [5.74, 6) is 0.583. The van der Waals surface area contributed by atoms with Crippen LogP contribution in [0, 0.1) is 12.7 Å². The molecule has 0 aromatic carbocycles. The van der Waals surface area contributed by atoms with Crippen LogP contribution in [0.15, 0.2) is 30.9 Å². The van der Waals surface area contributed by atoms with Gasteiger partial charge in [0.15, 0.2) is 0 Å². The molecule has 1 aliphatic heterocycles. The first kappa shape index (κ1) is 13.9. The quantitative estimate of drug-likeness (QED) is 0.932. The van der Waals surface area contributed by atoms with Crippen LogP contribution < -0.4 is 5.32 Å². The number of aryl methyl sites for hydroxylation is 1. The minimum absolute atomic E-state index is 0.280. The van der Waals surface area contributed by atoms with Crippen LogP contribution in [0.4, 0.5) is 10.2 Å². The number of aromatic nitrogens is 3. The lowest BCUT2D eigenvalue weighted by molar-refractivity contribution is 0.327. The standard InChI is InChI=1S/C15H18FN5/c1-11-4-15(19-10-18-11)20-14-2-3-21(9-14)8-12-5-13(16)7-17-6-12/h4-7,10,14H,2-3,8-9H2,1H3,(H,18,19,20). The minimum atomic E-state index is -0.280. The maximum absolute atomic E-state index is 13.1. The Morgan fingerprint density at radius 2 is 2.24 bits per heavy atom. The molecule has 1 fully saturated rings. The van der Waals surface area contributed by atoms with Gasteiger partial charge in [-0.3, -0.25) is 9.88 Å². The number of halogens is 1. The molecule has 6 heteroatoms. The SMILES string of the molecule is Cc1cc(NC2CCN(Cc3cncc(F)c3)C2)ncn1. The Morgan fingerprint density at radius 1 is 1.33 bits per heavy atom. The Kier molecular flexibility index (Phi) is 4.06. The molecule has 1 saturated heterocycles. The van der Waals surface area contributed by atoms with Crippen molar-refractivity contribution in [3.05, 3.63) is 47.9 Å². The second-order valence-corrected chi connectivity index (χ2v) is 5.42. The van der Waals surface area contributed by atoms with E-state index in [2.05, 4.69) is 25.2 Å². The Morgan fingerprint density at radius 3 is 3.05 bits per heavy atom. The minimum Gasteiger partial charge on any atom is -0.366 e. The fourth-order valence-corrected chi connectivity index (χ4v) is 2.64. The predicted molar refractivity (Wildman–Crippen MR) is 78.3 cm³/mol. The number of nitrogens with zero attached hydrogens (tertiary/aromatic N) is 4. The van der Waals surface area contributed by atoms with Crippen LogP contribution in [0.2, 0.25) is 0 Å². The summed E-state index contributed by atoms with van der Waals surface area (Å²) in [7, 11) is 0. The van der Waals surface area contributed by atoms with Gasteiger partial charge in [-0.05, 0) is 25.0 Å². The van der Waals surface area contributed by atoms with E-state index in [0.29, 0.717) is 6.04 Å². The Balaban J connectivity index is 1.56. The number of hydrogen-bond acceptors (Lipinski definition) is 5. The first-order valence-electron chi connectivity index (χ1n) is 7.06. The van der Waals surface area contributed by atoms with Gasteiger partial charge in [-0.15, -0.1) is 0 Å². The van der Waals surface area contributed by atoms with Crippen molar-refractivity contribution in [3.8, 4) is 0 Å². The van der Waals surface area contributed by atoms with Gasteiger partial charge in [-0.2, -0.15) is 0 Å². The number of nitrogens with one attached hydrogen (secondary N) is 1. The summed E-state index contributed by atoms with van der Waals surface area (Å²) >= 11 is 0. The molecule has 3 rings (SSSR count). The van der Waals surface area contributed by atoms with Gasteiger partial charge >= 0.3 is 0 Å². The lowest BCUT2D eigenvalue weighted by Crippen LogP contribution is -2.26. The zero-order chi connectivity index (χ0) is 14.7. The van der Waals surface area contributed by atoms with E-state index in [-0.39, 0.29) is 5.82 Å². The molecule has 1 N–H and O–H groups in total. The Bertz CT molecular complexity index is 565. The molecule has 0 spiro atoms. The fourth-order valence-electron chi connectivity index (χ4n) is 2.64. The van der Waals surface area contributed by atoms with Crippen LogP contribution >= 0.6 is 0 Å². The summed E-state index contributed by atoms with van der Waals surface area (Å²) in [5, 5.41) is 3.43. The average molecular weight is 287 g/mol. The second kappa shape index (κ2) is 6.13. The van der Waals surface area contributed by atoms with E-state index in [1.807, 2.05) is 13.0 Å². The Labute approximate surface area is 123 Å². The molecule has 0 radical (unpaired) electrons. The number of hydrogen-bond donors (Lipinski definition) is 1. The van der Waals surface area contributed by atoms with Gasteiger partial charge in [-0.25, -0.2) is 14.4 Å². The molecule has 0 aliphatic carbocycles. The van der Waals surface area contributed by atoms with Crippen molar-refractivity contribution >= 4 is 5.82 Å². The van der Waals surface area contributed by atoms with Gasteiger partial charge < -0.3 is 5.32 Å². The maximum atomic E-state index is 13.1. The van der Waals surface area contributed by atoms with Crippen molar-refractivity contribution in [2.24, 2.45) is 0 Å². The third-order valence-electron chi connectivity index (χ3n) is 3.60. The number of anilines is 1. The molecule has 5 nitrogen and oxygen atoms in total. The molecule has 21 heavy (non-hydrogen) atoms. The van der Waals surface area contributed by atoms with Crippen LogP contribution in [-0.4, -0.2) is 39.0 Å². The third kappa shape index (κ3) is 3.72. The van der Waals surface area contributed by atoms with E-state index in [9.17, 15) is 4.39 Å². The highest BCUT2D eigenvalue weighted by Crippen LogP contribution is 2.17. The lowest BCUT2D eigenvalue weighted by Gasteiger charge is -2.17. The highest BCUT2D eigenvalue weighted by Gasteiger charge is 2.22. The maximum Gasteiger partial charge on any atom is 0.141 e. The molecular weight excluding hydrogens is 269 g/mol. The van der Waals surface area contributed by atoms with Crippen LogP contribution in [0.1, 0.15) is 17.7 Å². The van der Waals surface area contributed by atoms with Crippen molar-refractivity contribution in [3.63, 3.8) is 0 Å². The van der Waals surface area contributed by atoms with Crippen molar-refractivity contribution in [1.82, 2.24) is 19.9 Å².